The molecule has 7 nitrogen and oxygen atoms in total. The van der Waals surface area contributed by atoms with Crippen molar-refractivity contribution in [3.63, 3.8) is 0 Å². The molecule has 0 aromatic carbocycles. The van der Waals surface area contributed by atoms with E-state index in [0.717, 1.165) is 0 Å². The molecule has 0 bridgehead atoms. The van der Waals surface area contributed by atoms with Gasteiger partial charge in [0, 0.05) is 0 Å². The van der Waals surface area contributed by atoms with Crippen LogP contribution in [0.25, 0.3) is 0 Å². The molecule has 0 rings (SSSR count). The Morgan fingerprint density at radius 3 is 2.38 bits per heavy atom. The SMILES string of the molecule is NCCCC[C@@](C#P=O)(C(=O)O)N(C#P=O)CCCCO. The van der Waals surface area contributed by atoms with Crippen LogP contribution in [-0.4, -0.2) is 46.3 Å². The zero-order valence-electron chi connectivity index (χ0n) is 11.7. The number of aliphatic hydroxyl groups excluding tert-OH is 1. The van der Waals surface area contributed by atoms with E-state index in [9.17, 15) is 19.0 Å². The van der Waals surface area contributed by atoms with E-state index in [4.69, 9.17) is 10.8 Å². The van der Waals surface area contributed by atoms with Gasteiger partial charge in [-0.3, -0.25) is 0 Å². The molecule has 0 aliphatic heterocycles. The molecule has 0 aromatic rings. The quantitative estimate of drug-likeness (QED) is 0.314. The molecular weight excluding hydrogens is 314 g/mol. The first-order valence-electron chi connectivity index (χ1n) is 6.58. The number of carboxylic acids is 1. The van der Waals surface area contributed by atoms with Gasteiger partial charge >= 0.3 is 125 Å². The maximum atomic E-state index is 11.7. The van der Waals surface area contributed by atoms with E-state index < -0.39 is 27.3 Å². The molecule has 0 heterocycles. The molecule has 9 heteroatoms. The van der Waals surface area contributed by atoms with Crippen molar-refractivity contribution in [3.05, 3.63) is 0 Å². The predicted octanol–water partition coefficient (Wildman–Crippen LogP) is 1.47. The zero-order chi connectivity index (χ0) is 16.1. The van der Waals surface area contributed by atoms with Gasteiger partial charge in [0.1, 0.15) is 0 Å². The van der Waals surface area contributed by atoms with Crippen LogP contribution >= 0.6 is 15.8 Å². The second-order valence-electron chi connectivity index (χ2n) is 4.39. The third-order valence-electron chi connectivity index (χ3n) is 2.99. The third kappa shape index (κ3) is 6.78. The van der Waals surface area contributed by atoms with E-state index in [2.05, 4.69) is 11.4 Å². The van der Waals surface area contributed by atoms with Gasteiger partial charge in [0.05, 0.1) is 0 Å². The van der Waals surface area contributed by atoms with Crippen molar-refractivity contribution in [1.29, 1.82) is 0 Å². The van der Waals surface area contributed by atoms with Crippen LogP contribution in [0.3, 0.4) is 0 Å². The van der Waals surface area contributed by atoms with Gasteiger partial charge in [0.2, 0.25) is 0 Å². The van der Waals surface area contributed by atoms with Crippen LogP contribution in [0.2, 0.25) is 0 Å². The van der Waals surface area contributed by atoms with Crippen molar-refractivity contribution in [2.45, 2.75) is 37.6 Å². The van der Waals surface area contributed by atoms with Gasteiger partial charge in [-0.05, 0) is 0 Å². The van der Waals surface area contributed by atoms with Crippen LogP contribution < -0.4 is 5.73 Å². The van der Waals surface area contributed by atoms with E-state index in [1.807, 2.05) is 0 Å². The van der Waals surface area contributed by atoms with Gasteiger partial charge in [0.25, 0.3) is 0 Å². The average molecular weight is 334 g/mol. The molecule has 0 aliphatic rings. The molecule has 0 aliphatic carbocycles. The fraction of sp³-hybridized carbons (Fsp3) is 0.750. The van der Waals surface area contributed by atoms with Crippen molar-refractivity contribution < 1.29 is 24.1 Å². The molecule has 0 spiro atoms. The first-order valence-corrected chi connectivity index (χ1v) is 8.21. The van der Waals surface area contributed by atoms with Gasteiger partial charge in [0.15, 0.2) is 0 Å². The summed E-state index contributed by atoms with van der Waals surface area (Å²) in [5, 5.41) is 18.3. The summed E-state index contributed by atoms with van der Waals surface area (Å²) < 4.78 is 21.7. The van der Waals surface area contributed by atoms with Gasteiger partial charge in [-0.15, -0.1) is 0 Å². The van der Waals surface area contributed by atoms with Crippen LogP contribution in [0.4, 0.5) is 0 Å². The first-order chi connectivity index (χ1) is 10.1. The molecule has 21 heavy (non-hydrogen) atoms. The Hall–Kier alpha value is -0.630. The topological polar surface area (TPSA) is 121 Å². The number of aliphatic hydroxyl groups is 1. The number of hydrogen-bond acceptors (Lipinski definition) is 6. The van der Waals surface area contributed by atoms with E-state index in [1.165, 1.54) is 4.90 Å². The summed E-state index contributed by atoms with van der Waals surface area (Å²) in [6.45, 7) is 0.610. The van der Waals surface area contributed by atoms with Crippen LogP contribution in [0, 0.1) is 11.4 Å². The molecule has 0 fully saturated rings. The Kier molecular flexibility index (Phi) is 11.6. The van der Waals surface area contributed by atoms with E-state index >= 15 is 0 Å². The summed E-state index contributed by atoms with van der Waals surface area (Å²) in [5.74, 6) is 1.19. The van der Waals surface area contributed by atoms with Crippen molar-refractivity contribution in [3.8, 4) is 11.4 Å². The third-order valence-corrected chi connectivity index (χ3v) is 3.77. The Labute approximate surface area is 126 Å². The van der Waals surface area contributed by atoms with Crippen LogP contribution in [0.5, 0.6) is 0 Å². The van der Waals surface area contributed by atoms with Gasteiger partial charge < -0.3 is 0 Å². The summed E-state index contributed by atoms with van der Waals surface area (Å²) in [4.78, 5) is 12.9. The fourth-order valence-corrected chi connectivity index (χ4v) is 2.73. The minimum atomic E-state index is -1.66. The molecule has 0 unspecified atom stereocenters. The molecule has 0 saturated heterocycles. The van der Waals surface area contributed by atoms with E-state index in [1.54, 1.807) is 0 Å². The second-order valence-corrected chi connectivity index (χ2v) is 5.18. The van der Waals surface area contributed by atoms with Crippen LogP contribution in [0.1, 0.15) is 32.1 Å². The molecule has 0 amide bonds. The number of aliphatic carboxylic acids is 1. The first kappa shape index (κ1) is 20.4. The number of nitrogens with zero attached hydrogens (tertiary/aromatic N) is 1. The van der Waals surface area contributed by atoms with Gasteiger partial charge in [-0.1, -0.05) is 0 Å². The van der Waals surface area contributed by atoms with Crippen molar-refractivity contribution in [2.24, 2.45) is 5.73 Å². The van der Waals surface area contributed by atoms with Gasteiger partial charge in [-0.25, -0.2) is 0 Å². The van der Waals surface area contributed by atoms with Crippen molar-refractivity contribution in [1.82, 2.24) is 4.90 Å². The summed E-state index contributed by atoms with van der Waals surface area (Å²) in [6, 6.07) is 0. The number of unbranched alkanes of at least 4 members (excludes halogenated alkanes) is 2. The van der Waals surface area contributed by atoms with Crippen LogP contribution in [-0.2, 0) is 13.9 Å². The second kappa shape index (κ2) is 12.0. The summed E-state index contributed by atoms with van der Waals surface area (Å²) in [6.07, 6.45) is 2.21. The van der Waals surface area contributed by atoms with E-state index in [0.29, 0.717) is 32.2 Å². The summed E-state index contributed by atoms with van der Waals surface area (Å²) >= 11 is 0. The van der Waals surface area contributed by atoms with Gasteiger partial charge in [-0.2, -0.15) is 0 Å². The molecular formula is C12H20N2O5P2. The number of hydrogen-bond donors (Lipinski definition) is 3. The molecule has 1 atom stereocenters. The Morgan fingerprint density at radius 2 is 1.90 bits per heavy atom. The van der Waals surface area contributed by atoms with Crippen molar-refractivity contribution >= 4 is 21.8 Å². The maximum absolute atomic E-state index is 11.7. The number of rotatable bonds is 10. The number of carboxylic acid groups (broad SMARTS) is 1. The number of nitrogens with two attached hydrogens (primary N) is 1. The zero-order valence-corrected chi connectivity index (χ0v) is 13.5. The average Bonchev–Trinajstić information content (AvgIpc) is 2.45. The molecule has 0 radical (unpaired) electrons. The van der Waals surface area contributed by atoms with Crippen LogP contribution in [0.15, 0.2) is 0 Å². The minimum absolute atomic E-state index is 0.0244. The normalized spacial score (nSPS) is 13.1. The Balaban J connectivity index is 5.45. The fourth-order valence-electron chi connectivity index (χ4n) is 1.88. The molecule has 0 saturated carbocycles. The Morgan fingerprint density at radius 1 is 1.19 bits per heavy atom. The monoisotopic (exact) mass is 334 g/mol. The molecule has 0 aromatic heterocycles. The van der Waals surface area contributed by atoms with E-state index in [-0.39, 0.29) is 19.6 Å². The summed E-state index contributed by atoms with van der Waals surface area (Å²) in [5.41, 5.74) is 6.14. The standard InChI is InChI=1S/C12H20N2O5P2/c13-6-2-1-5-12(9-20-18,11(16)17)14(10-21-19)7-3-4-8-15/h15H,1-8,13H2,(H,16,17)/t12-/m1/s1. The van der Waals surface area contributed by atoms with Crippen molar-refractivity contribution in [2.75, 3.05) is 19.7 Å². The predicted molar refractivity (Wildman–Crippen MR) is 79.3 cm³/mol. The molecule has 4 N–H and O–H groups in total. The Bertz CT molecular complexity index is 530. The number of carbonyl (C=O) groups is 1. The summed E-state index contributed by atoms with van der Waals surface area (Å²) in [7, 11) is -1.01. The molecule has 118 valence electrons.